The zero-order chi connectivity index (χ0) is 14.6. The van der Waals surface area contributed by atoms with Crippen LogP contribution in [0.25, 0.3) is 0 Å². The lowest BCUT2D eigenvalue weighted by Gasteiger charge is -2.45. The molecule has 3 heteroatoms. The molecule has 0 N–H and O–H groups in total. The van der Waals surface area contributed by atoms with Crippen LogP contribution >= 0.6 is 0 Å². The van der Waals surface area contributed by atoms with Gasteiger partial charge in [-0.25, -0.2) is 9.78 Å². The Morgan fingerprint density at radius 2 is 2.15 bits per heavy atom. The van der Waals surface area contributed by atoms with Crippen LogP contribution < -0.4 is 0 Å². The summed E-state index contributed by atoms with van der Waals surface area (Å²) in [5, 5.41) is 0. The van der Waals surface area contributed by atoms with E-state index in [1.807, 2.05) is 13.8 Å². The van der Waals surface area contributed by atoms with Gasteiger partial charge in [-0.1, -0.05) is 45.3 Å². The molecule has 0 aromatic rings. The molecule has 2 rings (SSSR count). The summed E-state index contributed by atoms with van der Waals surface area (Å²) < 4.78 is 0. The van der Waals surface area contributed by atoms with Crippen LogP contribution in [0.15, 0.2) is 12.2 Å². The molecule has 2 aliphatic rings. The van der Waals surface area contributed by atoms with Crippen molar-refractivity contribution in [2.45, 2.75) is 77.4 Å². The third-order valence-corrected chi connectivity index (χ3v) is 4.86. The Morgan fingerprint density at radius 3 is 2.90 bits per heavy atom. The van der Waals surface area contributed by atoms with Crippen LogP contribution in [-0.4, -0.2) is 17.5 Å². The quantitative estimate of drug-likeness (QED) is 0.415. The van der Waals surface area contributed by atoms with E-state index < -0.39 is 5.60 Å². The average molecular weight is 280 g/mol. The Kier molecular flexibility index (Phi) is 5.39. The van der Waals surface area contributed by atoms with Gasteiger partial charge in [0.05, 0.1) is 0 Å². The second-order valence-electron chi connectivity index (χ2n) is 6.55. The average Bonchev–Trinajstić information content (AvgIpc) is 2.43. The number of hydrogen-bond donors (Lipinski definition) is 0. The van der Waals surface area contributed by atoms with Crippen LogP contribution in [0.3, 0.4) is 0 Å². The molecule has 0 radical (unpaired) electrons. The maximum atomic E-state index is 12.0. The molecule has 4 atom stereocenters. The number of ketones is 1. The van der Waals surface area contributed by atoms with E-state index in [1.165, 1.54) is 25.7 Å². The lowest BCUT2D eigenvalue weighted by Crippen LogP contribution is -2.52. The fourth-order valence-electron chi connectivity index (χ4n) is 3.17. The summed E-state index contributed by atoms with van der Waals surface area (Å²) >= 11 is 0. The number of rotatable bonds is 6. The normalized spacial score (nSPS) is 37.5. The number of fused-ring (bicyclic) bond motifs is 2. The van der Waals surface area contributed by atoms with Crippen LogP contribution in [0.4, 0.5) is 0 Å². The van der Waals surface area contributed by atoms with E-state index in [-0.39, 0.29) is 17.9 Å². The van der Waals surface area contributed by atoms with Crippen molar-refractivity contribution in [2.24, 2.45) is 11.8 Å². The molecule has 1 heterocycles. The second-order valence-corrected chi connectivity index (χ2v) is 6.55. The largest absolute Gasteiger partial charge is 0.299 e. The monoisotopic (exact) mass is 280 g/mol. The van der Waals surface area contributed by atoms with Crippen molar-refractivity contribution < 1.29 is 14.6 Å². The minimum atomic E-state index is -0.433. The second kappa shape index (κ2) is 6.86. The number of Topliss-reactive ketones (excluding diaryl/α,β-unsaturated/α-hetero) is 1. The summed E-state index contributed by atoms with van der Waals surface area (Å²) in [7, 11) is 0. The van der Waals surface area contributed by atoms with Crippen LogP contribution in [0.5, 0.6) is 0 Å². The Bertz CT molecular complexity index is 363. The Morgan fingerprint density at radius 1 is 1.35 bits per heavy atom. The third kappa shape index (κ3) is 3.50. The van der Waals surface area contributed by atoms with E-state index in [1.54, 1.807) is 0 Å². The molecule has 0 spiro atoms. The summed E-state index contributed by atoms with van der Waals surface area (Å²) in [4.78, 5) is 23.1. The minimum absolute atomic E-state index is 0.0196. The zero-order valence-corrected chi connectivity index (χ0v) is 13.1. The topological polar surface area (TPSA) is 35.5 Å². The van der Waals surface area contributed by atoms with Gasteiger partial charge in [-0.3, -0.25) is 4.79 Å². The van der Waals surface area contributed by atoms with E-state index in [9.17, 15) is 4.79 Å². The van der Waals surface area contributed by atoms with Crippen molar-refractivity contribution in [1.82, 2.24) is 0 Å². The van der Waals surface area contributed by atoms with Gasteiger partial charge in [-0.05, 0) is 26.2 Å². The Labute approximate surface area is 122 Å². The molecule has 1 aliphatic heterocycles. The van der Waals surface area contributed by atoms with Crippen LogP contribution in [0.1, 0.15) is 65.7 Å². The molecule has 0 aromatic carbocycles. The SMILES string of the molecule is CCCCCC/C=C/C1(C)OOC2CC1CC(=O)C2C. The van der Waals surface area contributed by atoms with Crippen molar-refractivity contribution in [1.29, 1.82) is 0 Å². The minimum Gasteiger partial charge on any atom is -0.299 e. The molecule has 114 valence electrons. The molecule has 0 amide bonds. The van der Waals surface area contributed by atoms with Crippen molar-refractivity contribution in [3.05, 3.63) is 12.2 Å². The Hall–Kier alpha value is -0.670. The standard InChI is InChI=1S/C17H28O3/c1-4-5-6-7-8-9-10-17(3)14-11-15(18)13(2)16(12-14)19-20-17/h9-10,13-14,16H,4-8,11-12H2,1-3H3/b10-9+. The fraction of sp³-hybridized carbons (Fsp3) is 0.824. The summed E-state index contributed by atoms with van der Waals surface area (Å²) in [5.74, 6) is 0.558. The van der Waals surface area contributed by atoms with Gasteiger partial charge in [0.2, 0.25) is 0 Å². The van der Waals surface area contributed by atoms with Gasteiger partial charge < -0.3 is 0 Å². The molecule has 1 aliphatic carbocycles. The van der Waals surface area contributed by atoms with Gasteiger partial charge in [0.1, 0.15) is 17.5 Å². The van der Waals surface area contributed by atoms with E-state index in [4.69, 9.17) is 9.78 Å². The molecule has 3 nitrogen and oxygen atoms in total. The molecule has 4 unspecified atom stereocenters. The van der Waals surface area contributed by atoms with Gasteiger partial charge >= 0.3 is 0 Å². The van der Waals surface area contributed by atoms with Gasteiger partial charge in [-0.15, -0.1) is 0 Å². The summed E-state index contributed by atoms with van der Waals surface area (Å²) in [6.45, 7) is 6.21. The lowest BCUT2D eigenvalue weighted by atomic mass is 9.71. The first-order valence-electron chi connectivity index (χ1n) is 8.11. The predicted octanol–water partition coefficient (Wildman–Crippen LogP) is 4.22. The van der Waals surface area contributed by atoms with Gasteiger partial charge in [-0.2, -0.15) is 0 Å². The number of allylic oxidation sites excluding steroid dienone is 1. The van der Waals surface area contributed by atoms with Crippen LogP contribution in [0, 0.1) is 11.8 Å². The smallest absolute Gasteiger partial charge is 0.138 e. The van der Waals surface area contributed by atoms with Crippen LogP contribution in [-0.2, 0) is 14.6 Å². The van der Waals surface area contributed by atoms with Crippen molar-refractivity contribution >= 4 is 5.78 Å². The molecular weight excluding hydrogens is 252 g/mol. The van der Waals surface area contributed by atoms with Crippen LogP contribution in [0.2, 0.25) is 0 Å². The molecule has 1 saturated carbocycles. The van der Waals surface area contributed by atoms with Crippen molar-refractivity contribution in [3.63, 3.8) is 0 Å². The van der Waals surface area contributed by atoms with Crippen molar-refractivity contribution in [3.8, 4) is 0 Å². The third-order valence-electron chi connectivity index (χ3n) is 4.86. The molecule has 2 bridgehead atoms. The summed E-state index contributed by atoms with van der Waals surface area (Å²) in [6.07, 6.45) is 12.0. The first-order chi connectivity index (χ1) is 9.57. The van der Waals surface area contributed by atoms with Gasteiger partial charge in [0.15, 0.2) is 0 Å². The first kappa shape index (κ1) is 15.7. The highest BCUT2D eigenvalue weighted by molar-refractivity contribution is 5.82. The van der Waals surface area contributed by atoms with Crippen molar-refractivity contribution in [2.75, 3.05) is 0 Å². The zero-order valence-electron chi connectivity index (χ0n) is 13.1. The predicted molar refractivity (Wildman–Crippen MR) is 79.2 cm³/mol. The number of carbonyl (C=O) groups is 1. The fourth-order valence-corrected chi connectivity index (χ4v) is 3.17. The highest BCUT2D eigenvalue weighted by atomic mass is 17.2. The highest BCUT2D eigenvalue weighted by Gasteiger charge is 2.48. The summed E-state index contributed by atoms with van der Waals surface area (Å²) in [6, 6.07) is 0. The van der Waals surface area contributed by atoms with E-state index in [0.717, 1.165) is 12.8 Å². The molecular formula is C17H28O3. The van der Waals surface area contributed by atoms with Gasteiger partial charge in [0, 0.05) is 18.3 Å². The molecule has 20 heavy (non-hydrogen) atoms. The maximum absolute atomic E-state index is 12.0. The summed E-state index contributed by atoms with van der Waals surface area (Å²) in [5.41, 5.74) is -0.433. The molecule has 2 fully saturated rings. The molecule has 1 saturated heterocycles. The molecule has 0 aromatic heterocycles. The Balaban J connectivity index is 1.87. The number of carbonyl (C=O) groups excluding carboxylic acids is 1. The van der Waals surface area contributed by atoms with E-state index in [2.05, 4.69) is 19.1 Å². The van der Waals surface area contributed by atoms with E-state index >= 15 is 0 Å². The maximum Gasteiger partial charge on any atom is 0.138 e. The first-order valence-corrected chi connectivity index (χ1v) is 8.11. The number of unbranched alkanes of at least 4 members (excludes halogenated alkanes) is 4. The number of hydrogen-bond acceptors (Lipinski definition) is 3. The lowest BCUT2D eigenvalue weighted by molar-refractivity contribution is -0.415. The highest BCUT2D eigenvalue weighted by Crippen LogP contribution is 2.42. The van der Waals surface area contributed by atoms with E-state index in [0.29, 0.717) is 12.2 Å². The van der Waals surface area contributed by atoms with Gasteiger partial charge in [0.25, 0.3) is 0 Å².